The van der Waals surface area contributed by atoms with E-state index in [9.17, 15) is 0 Å². The lowest BCUT2D eigenvalue weighted by molar-refractivity contribution is 0.669. The zero-order valence-corrected chi connectivity index (χ0v) is 26.2. The molecule has 47 heavy (non-hydrogen) atoms. The van der Waals surface area contributed by atoms with Crippen LogP contribution in [0.25, 0.3) is 74.8 Å². The Morgan fingerprint density at radius 2 is 1.04 bits per heavy atom. The number of benzene rings is 8. The fourth-order valence-electron chi connectivity index (χ4n) is 7.28. The minimum Gasteiger partial charge on any atom is -0.456 e. The monoisotopic (exact) mass is 617 g/mol. The number of para-hydroxylation sites is 1. The molecule has 0 saturated heterocycles. The third kappa shape index (κ3) is 4.10. The quantitative estimate of drug-likeness (QED) is 0.195. The normalized spacial score (nSPS) is 11.8. The number of anilines is 3. The zero-order chi connectivity index (χ0) is 30.9. The molecule has 0 aliphatic rings. The Morgan fingerprint density at radius 3 is 1.89 bits per heavy atom. The predicted molar refractivity (Wildman–Crippen MR) is 202 cm³/mol. The van der Waals surface area contributed by atoms with E-state index in [4.69, 9.17) is 4.42 Å². The van der Waals surface area contributed by atoms with Gasteiger partial charge in [-0.2, -0.15) is 0 Å². The van der Waals surface area contributed by atoms with Crippen LogP contribution in [-0.2, 0) is 0 Å². The number of furan rings is 1. The Morgan fingerprint density at radius 1 is 0.404 bits per heavy atom. The molecular formula is C44H27NOS. The van der Waals surface area contributed by atoms with Crippen LogP contribution in [0.3, 0.4) is 0 Å². The summed E-state index contributed by atoms with van der Waals surface area (Å²) in [6, 6.07) is 58.9. The van der Waals surface area contributed by atoms with Crippen molar-refractivity contribution in [1.29, 1.82) is 0 Å². The molecule has 0 fully saturated rings. The molecule has 0 atom stereocenters. The lowest BCUT2D eigenvalue weighted by atomic mass is 9.98. The van der Waals surface area contributed by atoms with Crippen LogP contribution in [0.4, 0.5) is 17.1 Å². The lowest BCUT2D eigenvalue weighted by Crippen LogP contribution is -2.10. The standard InChI is InChI=1S/C44H27NOS/c1-2-10-28(11-3-1)29-18-21-31(22-19-29)45(32-23-24-36-35-15-8-9-17-39(35)46-40(36)26-32)38-27-42-44(37-16-7-6-14-34(37)38)43-33-13-5-4-12-30(33)20-25-41(43)47-42/h1-27H. The van der Waals surface area contributed by atoms with Crippen molar-refractivity contribution < 1.29 is 4.42 Å². The van der Waals surface area contributed by atoms with Gasteiger partial charge < -0.3 is 9.32 Å². The average Bonchev–Trinajstić information content (AvgIpc) is 3.71. The molecule has 3 heteroatoms. The molecule has 2 aromatic heterocycles. The Bertz CT molecular complexity index is 2790. The molecule has 0 amide bonds. The number of hydrogen-bond acceptors (Lipinski definition) is 3. The number of fused-ring (bicyclic) bond motifs is 10. The summed E-state index contributed by atoms with van der Waals surface area (Å²) in [4.78, 5) is 2.39. The fraction of sp³-hybridized carbons (Fsp3) is 0. The Kier molecular flexibility index (Phi) is 5.78. The van der Waals surface area contributed by atoms with Gasteiger partial charge in [0, 0.05) is 53.8 Å². The first-order valence-corrected chi connectivity index (χ1v) is 16.7. The highest BCUT2D eigenvalue weighted by atomic mass is 32.1. The van der Waals surface area contributed by atoms with Gasteiger partial charge in [-0.1, -0.05) is 115 Å². The molecule has 0 aliphatic heterocycles. The summed E-state index contributed by atoms with van der Waals surface area (Å²) in [5.41, 5.74) is 7.48. The first-order valence-electron chi connectivity index (χ1n) is 15.9. The van der Waals surface area contributed by atoms with E-state index < -0.39 is 0 Å². The van der Waals surface area contributed by atoms with Crippen LogP contribution < -0.4 is 4.90 Å². The maximum atomic E-state index is 6.41. The van der Waals surface area contributed by atoms with Crippen LogP contribution in [0.5, 0.6) is 0 Å². The third-order valence-electron chi connectivity index (χ3n) is 9.44. The highest BCUT2D eigenvalue weighted by Crippen LogP contribution is 2.48. The van der Waals surface area contributed by atoms with Crippen LogP contribution >= 0.6 is 11.3 Å². The van der Waals surface area contributed by atoms with E-state index in [1.807, 2.05) is 23.5 Å². The van der Waals surface area contributed by atoms with E-state index in [2.05, 4.69) is 157 Å². The second kappa shape index (κ2) is 10.3. The summed E-state index contributed by atoms with van der Waals surface area (Å²) in [5, 5.41) is 9.98. The van der Waals surface area contributed by atoms with E-state index in [1.54, 1.807) is 0 Å². The highest BCUT2D eigenvalue weighted by molar-refractivity contribution is 7.26. The van der Waals surface area contributed by atoms with Crippen LogP contribution in [0, 0.1) is 0 Å². The summed E-state index contributed by atoms with van der Waals surface area (Å²) < 4.78 is 8.99. The van der Waals surface area contributed by atoms with Crippen molar-refractivity contribution in [1.82, 2.24) is 0 Å². The molecule has 8 aromatic carbocycles. The molecular weight excluding hydrogens is 591 g/mol. The molecule has 0 bridgehead atoms. The van der Waals surface area contributed by atoms with Gasteiger partial charge in [0.1, 0.15) is 11.2 Å². The number of thiophene rings is 1. The number of rotatable bonds is 4. The minimum absolute atomic E-state index is 0.883. The van der Waals surface area contributed by atoms with Crippen molar-refractivity contribution in [3.63, 3.8) is 0 Å². The molecule has 0 spiro atoms. The molecule has 0 aliphatic carbocycles. The number of nitrogens with zero attached hydrogens (tertiary/aromatic N) is 1. The van der Waals surface area contributed by atoms with E-state index >= 15 is 0 Å². The van der Waals surface area contributed by atoms with Crippen molar-refractivity contribution in [3.8, 4) is 11.1 Å². The first kappa shape index (κ1) is 26.3. The van der Waals surface area contributed by atoms with E-state index in [1.165, 1.54) is 52.8 Å². The van der Waals surface area contributed by atoms with E-state index in [0.29, 0.717) is 0 Å². The Balaban J connectivity index is 1.26. The van der Waals surface area contributed by atoms with Crippen molar-refractivity contribution in [2.45, 2.75) is 0 Å². The van der Waals surface area contributed by atoms with Crippen LogP contribution in [0.15, 0.2) is 168 Å². The average molecular weight is 618 g/mol. The SMILES string of the molecule is c1ccc(-c2ccc(N(c3ccc4c(c3)oc3ccccc34)c3cc4sc5ccc6ccccc6c5c4c4ccccc34)cc2)cc1. The maximum Gasteiger partial charge on any atom is 0.137 e. The molecule has 0 radical (unpaired) electrons. The molecule has 0 unspecified atom stereocenters. The smallest absolute Gasteiger partial charge is 0.137 e. The van der Waals surface area contributed by atoms with Gasteiger partial charge >= 0.3 is 0 Å². The van der Waals surface area contributed by atoms with Crippen molar-refractivity contribution in [3.05, 3.63) is 164 Å². The van der Waals surface area contributed by atoms with Gasteiger partial charge in [-0.15, -0.1) is 11.3 Å². The minimum atomic E-state index is 0.883. The largest absolute Gasteiger partial charge is 0.456 e. The lowest BCUT2D eigenvalue weighted by Gasteiger charge is -2.27. The second-order valence-corrected chi connectivity index (χ2v) is 13.2. The van der Waals surface area contributed by atoms with Gasteiger partial charge in [-0.3, -0.25) is 0 Å². The Labute approximate surface area is 275 Å². The number of hydrogen-bond donors (Lipinski definition) is 0. The summed E-state index contributed by atoms with van der Waals surface area (Å²) in [7, 11) is 0. The fourth-order valence-corrected chi connectivity index (χ4v) is 8.45. The van der Waals surface area contributed by atoms with Gasteiger partial charge in [-0.05, 0) is 69.8 Å². The highest BCUT2D eigenvalue weighted by Gasteiger charge is 2.21. The molecule has 0 N–H and O–H groups in total. The predicted octanol–water partition coefficient (Wildman–Crippen LogP) is 13.4. The molecule has 10 rings (SSSR count). The van der Waals surface area contributed by atoms with Gasteiger partial charge in [0.25, 0.3) is 0 Å². The summed E-state index contributed by atoms with van der Waals surface area (Å²) in [6.45, 7) is 0. The van der Waals surface area contributed by atoms with Gasteiger partial charge in [0.2, 0.25) is 0 Å². The summed E-state index contributed by atoms with van der Waals surface area (Å²) >= 11 is 1.87. The first-order chi connectivity index (χ1) is 23.3. The summed E-state index contributed by atoms with van der Waals surface area (Å²) in [5.74, 6) is 0. The second-order valence-electron chi connectivity index (χ2n) is 12.1. The van der Waals surface area contributed by atoms with Crippen molar-refractivity contribution in [2.24, 2.45) is 0 Å². The maximum absolute atomic E-state index is 6.41. The topological polar surface area (TPSA) is 16.4 Å². The van der Waals surface area contributed by atoms with E-state index in [-0.39, 0.29) is 0 Å². The van der Waals surface area contributed by atoms with Crippen LogP contribution in [-0.4, -0.2) is 0 Å². The van der Waals surface area contributed by atoms with Crippen molar-refractivity contribution in [2.75, 3.05) is 4.90 Å². The zero-order valence-electron chi connectivity index (χ0n) is 25.4. The third-order valence-corrected chi connectivity index (χ3v) is 10.5. The molecule has 220 valence electrons. The van der Waals surface area contributed by atoms with E-state index in [0.717, 1.165) is 39.0 Å². The van der Waals surface area contributed by atoms with Gasteiger partial charge in [0.05, 0.1) is 5.69 Å². The molecule has 0 saturated carbocycles. The van der Waals surface area contributed by atoms with Gasteiger partial charge in [-0.25, -0.2) is 0 Å². The molecule has 2 heterocycles. The Hall–Kier alpha value is -5.90. The molecule has 10 aromatic rings. The van der Waals surface area contributed by atoms with Gasteiger partial charge in [0.15, 0.2) is 0 Å². The van der Waals surface area contributed by atoms with Crippen LogP contribution in [0.1, 0.15) is 0 Å². The van der Waals surface area contributed by atoms with Crippen LogP contribution in [0.2, 0.25) is 0 Å². The molecule has 2 nitrogen and oxygen atoms in total. The van der Waals surface area contributed by atoms with Crippen molar-refractivity contribution >= 4 is 92.1 Å². The summed E-state index contributed by atoms with van der Waals surface area (Å²) in [6.07, 6.45) is 0.